The second kappa shape index (κ2) is 7.42. The molecule has 0 radical (unpaired) electrons. The van der Waals surface area contributed by atoms with Crippen molar-refractivity contribution in [1.82, 2.24) is 14.9 Å². The van der Waals surface area contributed by atoms with Crippen LogP contribution in [-0.2, 0) is 6.54 Å². The minimum absolute atomic E-state index is 0.553. The fraction of sp³-hybridized carbons (Fsp3) is 0.444. The van der Waals surface area contributed by atoms with Gasteiger partial charge in [-0.2, -0.15) is 0 Å². The molecule has 1 saturated heterocycles. The number of methoxy groups -OCH3 is 1. The standard InChI is InChI=1S/C18H23N3O2/c1-14-5-3-4-6-17(14)23-13-15-7-10-21(11-15)12-16-18(22-2)20-9-8-19-16/h3-6,8-9,15H,7,10-13H2,1-2H3. The average molecular weight is 313 g/mol. The number of hydrogen-bond donors (Lipinski definition) is 0. The molecule has 1 atom stereocenters. The molecule has 0 saturated carbocycles. The molecule has 5 heteroatoms. The monoisotopic (exact) mass is 313 g/mol. The van der Waals surface area contributed by atoms with Crippen molar-refractivity contribution in [2.45, 2.75) is 19.9 Å². The molecule has 2 heterocycles. The van der Waals surface area contributed by atoms with E-state index in [4.69, 9.17) is 9.47 Å². The second-order valence-corrected chi connectivity index (χ2v) is 5.98. The number of aromatic nitrogens is 2. The second-order valence-electron chi connectivity index (χ2n) is 5.98. The zero-order valence-corrected chi connectivity index (χ0v) is 13.7. The van der Waals surface area contributed by atoms with Crippen LogP contribution in [0.1, 0.15) is 17.7 Å². The highest BCUT2D eigenvalue weighted by Crippen LogP contribution is 2.23. The summed E-state index contributed by atoms with van der Waals surface area (Å²) < 4.78 is 11.3. The van der Waals surface area contributed by atoms with Gasteiger partial charge < -0.3 is 9.47 Å². The largest absolute Gasteiger partial charge is 0.493 e. The van der Waals surface area contributed by atoms with Gasteiger partial charge in [-0.25, -0.2) is 4.98 Å². The van der Waals surface area contributed by atoms with Gasteiger partial charge in [0.15, 0.2) is 0 Å². The molecule has 0 spiro atoms. The van der Waals surface area contributed by atoms with Gasteiger partial charge in [-0.15, -0.1) is 0 Å². The van der Waals surface area contributed by atoms with Gasteiger partial charge in [0.1, 0.15) is 11.4 Å². The maximum atomic E-state index is 5.98. The van der Waals surface area contributed by atoms with E-state index in [1.54, 1.807) is 19.5 Å². The third-order valence-electron chi connectivity index (χ3n) is 4.24. The van der Waals surface area contributed by atoms with Crippen LogP contribution in [0.3, 0.4) is 0 Å². The summed E-state index contributed by atoms with van der Waals surface area (Å²) in [4.78, 5) is 11.0. The van der Waals surface area contributed by atoms with Gasteiger partial charge in [0.2, 0.25) is 5.88 Å². The highest BCUT2D eigenvalue weighted by atomic mass is 16.5. The lowest BCUT2D eigenvalue weighted by Crippen LogP contribution is -2.23. The fourth-order valence-electron chi connectivity index (χ4n) is 2.96. The van der Waals surface area contributed by atoms with Gasteiger partial charge in [0, 0.05) is 31.4 Å². The molecule has 5 nitrogen and oxygen atoms in total. The van der Waals surface area contributed by atoms with Crippen LogP contribution < -0.4 is 9.47 Å². The number of likely N-dealkylation sites (tertiary alicyclic amines) is 1. The van der Waals surface area contributed by atoms with Gasteiger partial charge in [-0.1, -0.05) is 18.2 Å². The number of aryl methyl sites for hydroxylation is 1. The molecular formula is C18H23N3O2. The Balaban J connectivity index is 1.52. The van der Waals surface area contributed by atoms with Crippen molar-refractivity contribution in [3.8, 4) is 11.6 Å². The summed E-state index contributed by atoms with van der Waals surface area (Å²) in [6, 6.07) is 8.17. The average Bonchev–Trinajstić information content (AvgIpc) is 3.02. The van der Waals surface area contributed by atoms with Crippen molar-refractivity contribution in [3.63, 3.8) is 0 Å². The van der Waals surface area contributed by atoms with E-state index in [1.807, 2.05) is 18.2 Å². The lowest BCUT2D eigenvalue weighted by atomic mass is 10.1. The number of ether oxygens (including phenoxy) is 2. The van der Waals surface area contributed by atoms with E-state index in [-0.39, 0.29) is 0 Å². The Labute approximate surface area is 137 Å². The molecular weight excluding hydrogens is 290 g/mol. The van der Waals surface area contributed by atoms with Gasteiger partial charge in [-0.05, 0) is 31.5 Å². The van der Waals surface area contributed by atoms with Crippen LogP contribution in [0.5, 0.6) is 11.6 Å². The normalized spacial score (nSPS) is 18.1. The Bertz CT molecular complexity index is 648. The highest BCUT2D eigenvalue weighted by Gasteiger charge is 2.24. The van der Waals surface area contributed by atoms with E-state index in [1.165, 1.54) is 5.56 Å². The van der Waals surface area contributed by atoms with Gasteiger partial charge >= 0.3 is 0 Å². The molecule has 0 amide bonds. The SMILES string of the molecule is COc1nccnc1CN1CCC(COc2ccccc2C)C1. The zero-order valence-electron chi connectivity index (χ0n) is 13.7. The smallest absolute Gasteiger partial charge is 0.236 e. The van der Waals surface area contributed by atoms with Crippen molar-refractivity contribution < 1.29 is 9.47 Å². The number of benzene rings is 1. The third kappa shape index (κ3) is 3.99. The third-order valence-corrected chi connectivity index (χ3v) is 4.24. The first-order valence-corrected chi connectivity index (χ1v) is 8.01. The van der Waals surface area contributed by atoms with E-state index in [2.05, 4.69) is 27.9 Å². The minimum atomic E-state index is 0.553. The Kier molecular flexibility index (Phi) is 5.08. The zero-order chi connectivity index (χ0) is 16.1. The van der Waals surface area contributed by atoms with E-state index < -0.39 is 0 Å². The molecule has 1 fully saturated rings. The van der Waals surface area contributed by atoms with Crippen LogP contribution in [0.15, 0.2) is 36.7 Å². The number of hydrogen-bond acceptors (Lipinski definition) is 5. The van der Waals surface area contributed by atoms with E-state index in [0.29, 0.717) is 11.8 Å². The van der Waals surface area contributed by atoms with Crippen molar-refractivity contribution in [2.24, 2.45) is 5.92 Å². The van der Waals surface area contributed by atoms with E-state index >= 15 is 0 Å². The van der Waals surface area contributed by atoms with E-state index in [9.17, 15) is 0 Å². The molecule has 23 heavy (non-hydrogen) atoms. The molecule has 1 aromatic heterocycles. The van der Waals surface area contributed by atoms with Crippen molar-refractivity contribution in [1.29, 1.82) is 0 Å². The summed E-state index contributed by atoms with van der Waals surface area (Å²) in [6.07, 6.45) is 4.52. The number of rotatable bonds is 6. The van der Waals surface area contributed by atoms with Crippen LogP contribution in [0.4, 0.5) is 0 Å². The summed E-state index contributed by atoms with van der Waals surface area (Å²) in [5.41, 5.74) is 2.09. The number of nitrogens with zero attached hydrogens (tertiary/aromatic N) is 3. The van der Waals surface area contributed by atoms with Crippen LogP contribution in [0.25, 0.3) is 0 Å². The molecule has 1 unspecified atom stereocenters. The Hall–Kier alpha value is -2.14. The van der Waals surface area contributed by atoms with Crippen LogP contribution in [-0.4, -0.2) is 41.7 Å². The molecule has 1 aromatic carbocycles. The topological polar surface area (TPSA) is 47.5 Å². The van der Waals surface area contributed by atoms with Crippen molar-refractivity contribution in [2.75, 3.05) is 26.8 Å². The Morgan fingerprint density at radius 2 is 2.04 bits per heavy atom. The van der Waals surface area contributed by atoms with Crippen molar-refractivity contribution in [3.05, 3.63) is 47.9 Å². The Morgan fingerprint density at radius 1 is 1.22 bits per heavy atom. The lowest BCUT2D eigenvalue weighted by Gasteiger charge is -2.17. The molecule has 0 aliphatic carbocycles. The lowest BCUT2D eigenvalue weighted by molar-refractivity contribution is 0.235. The minimum Gasteiger partial charge on any atom is -0.493 e. The summed E-state index contributed by atoms with van der Waals surface area (Å²) in [5.74, 6) is 2.16. The predicted octanol–water partition coefficient (Wildman–Crippen LogP) is 2.69. The van der Waals surface area contributed by atoms with Crippen LogP contribution in [0, 0.1) is 12.8 Å². The summed E-state index contributed by atoms with van der Waals surface area (Å²) >= 11 is 0. The number of para-hydroxylation sites is 1. The predicted molar refractivity (Wildman–Crippen MR) is 88.6 cm³/mol. The summed E-state index contributed by atoms with van der Waals surface area (Å²) in [7, 11) is 1.64. The van der Waals surface area contributed by atoms with Gasteiger partial charge in [0.25, 0.3) is 0 Å². The molecule has 122 valence electrons. The Morgan fingerprint density at radius 3 is 2.87 bits per heavy atom. The quantitative estimate of drug-likeness (QED) is 0.820. The summed E-state index contributed by atoms with van der Waals surface area (Å²) in [6.45, 7) is 5.70. The van der Waals surface area contributed by atoms with E-state index in [0.717, 1.165) is 44.1 Å². The first-order valence-electron chi connectivity index (χ1n) is 8.01. The molecule has 1 aliphatic rings. The maximum Gasteiger partial charge on any atom is 0.236 e. The maximum absolute atomic E-state index is 5.98. The first-order chi connectivity index (χ1) is 11.3. The molecule has 3 rings (SSSR count). The molecule has 0 bridgehead atoms. The fourth-order valence-corrected chi connectivity index (χ4v) is 2.96. The highest BCUT2D eigenvalue weighted by molar-refractivity contribution is 5.31. The molecule has 0 N–H and O–H groups in total. The van der Waals surface area contributed by atoms with Gasteiger partial charge in [0.05, 0.1) is 13.7 Å². The van der Waals surface area contributed by atoms with Gasteiger partial charge in [-0.3, -0.25) is 9.88 Å². The summed E-state index contributed by atoms with van der Waals surface area (Å²) in [5, 5.41) is 0. The molecule has 2 aromatic rings. The van der Waals surface area contributed by atoms with Crippen molar-refractivity contribution >= 4 is 0 Å². The van der Waals surface area contributed by atoms with Crippen LogP contribution >= 0.6 is 0 Å². The first kappa shape index (κ1) is 15.7. The van der Waals surface area contributed by atoms with Crippen LogP contribution in [0.2, 0.25) is 0 Å². The molecule has 1 aliphatic heterocycles.